The van der Waals surface area contributed by atoms with Crippen LogP contribution in [0.3, 0.4) is 0 Å². The number of aromatic nitrogens is 1. The van der Waals surface area contributed by atoms with Crippen LogP contribution in [-0.4, -0.2) is 54.9 Å². The maximum atomic E-state index is 12.4. The Labute approximate surface area is 149 Å². The van der Waals surface area contributed by atoms with Gasteiger partial charge in [-0.15, -0.1) is 0 Å². The number of pyridine rings is 1. The fourth-order valence-electron chi connectivity index (χ4n) is 4.19. The zero-order valence-electron chi connectivity index (χ0n) is 14.5. The molecule has 0 radical (unpaired) electrons. The van der Waals surface area contributed by atoms with Crippen molar-refractivity contribution in [2.24, 2.45) is 5.92 Å². The molecule has 1 atom stereocenters. The van der Waals surface area contributed by atoms with E-state index in [9.17, 15) is 8.42 Å². The molecule has 2 saturated heterocycles. The molecule has 1 aromatic rings. The monoisotopic (exact) mass is 366 g/mol. The fourth-order valence-corrected chi connectivity index (χ4v) is 6.04. The first-order valence-corrected chi connectivity index (χ1v) is 10.8. The molecule has 7 heteroatoms. The maximum absolute atomic E-state index is 12.4. The van der Waals surface area contributed by atoms with E-state index in [1.54, 1.807) is 16.7 Å². The number of ether oxygens (including phenoxy) is 2. The lowest BCUT2D eigenvalue weighted by atomic mass is 9.78. The average molecular weight is 366 g/mol. The second kappa shape index (κ2) is 6.85. The third kappa shape index (κ3) is 3.55. The average Bonchev–Trinajstić information content (AvgIpc) is 3.42. The number of nitrogens with zero attached hydrogens (tertiary/aromatic N) is 2. The van der Waals surface area contributed by atoms with Crippen molar-refractivity contribution in [1.82, 2.24) is 9.29 Å². The van der Waals surface area contributed by atoms with Gasteiger partial charge < -0.3 is 9.47 Å². The van der Waals surface area contributed by atoms with Gasteiger partial charge in [-0.05, 0) is 56.6 Å². The minimum atomic E-state index is -3.06. The molecular weight excluding hydrogens is 340 g/mol. The van der Waals surface area contributed by atoms with Crippen molar-refractivity contribution in [2.75, 3.05) is 26.3 Å². The lowest BCUT2D eigenvalue weighted by molar-refractivity contribution is -0.0589. The third-order valence-corrected chi connectivity index (χ3v) is 8.24. The van der Waals surface area contributed by atoms with Crippen molar-refractivity contribution >= 4 is 10.0 Å². The Kier molecular flexibility index (Phi) is 4.73. The molecule has 1 aromatic heterocycles. The van der Waals surface area contributed by atoms with Crippen LogP contribution in [0.1, 0.15) is 38.5 Å². The molecule has 1 unspecified atom stereocenters. The first kappa shape index (κ1) is 17.2. The minimum absolute atomic E-state index is 0.116. The SMILES string of the molecule is O=S(=O)(C1CC1)N1CCC2(CC1)OCCC2CCOc1cccnc1. The summed E-state index contributed by atoms with van der Waals surface area (Å²) in [5.74, 6) is 1.23. The van der Waals surface area contributed by atoms with Gasteiger partial charge in [0, 0.05) is 25.9 Å². The van der Waals surface area contributed by atoms with Crippen molar-refractivity contribution in [3.8, 4) is 5.75 Å². The zero-order chi connectivity index (χ0) is 17.3. The molecule has 4 rings (SSSR count). The van der Waals surface area contributed by atoms with Gasteiger partial charge in [0.15, 0.2) is 0 Å². The van der Waals surface area contributed by atoms with E-state index < -0.39 is 10.0 Å². The zero-order valence-corrected chi connectivity index (χ0v) is 15.3. The van der Waals surface area contributed by atoms with E-state index in [1.165, 1.54) is 0 Å². The minimum Gasteiger partial charge on any atom is -0.492 e. The molecule has 0 aromatic carbocycles. The molecule has 0 amide bonds. The van der Waals surface area contributed by atoms with Crippen LogP contribution < -0.4 is 4.74 Å². The van der Waals surface area contributed by atoms with Gasteiger partial charge in [0.2, 0.25) is 10.0 Å². The highest BCUT2D eigenvalue weighted by atomic mass is 32.2. The molecule has 1 aliphatic carbocycles. The molecule has 25 heavy (non-hydrogen) atoms. The van der Waals surface area contributed by atoms with Crippen LogP contribution in [-0.2, 0) is 14.8 Å². The Balaban J connectivity index is 1.32. The number of piperidine rings is 1. The van der Waals surface area contributed by atoms with Crippen LogP contribution in [0.2, 0.25) is 0 Å². The van der Waals surface area contributed by atoms with Crippen molar-refractivity contribution in [1.29, 1.82) is 0 Å². The summed E-state index contributed by atoms with van der Waals surface area (Å²) in [7, 11) is -3.06. The molecule has 3 fully saturated rings. The second-order valence-electron chi connectivity index (χ2n) is 7.37. The van der Waals surface area contributed by atoms with E-state index >= 15 is 0 Å². The number of rotatable bonds is 6. The summed E-state index contributed by atoms with van der Waals surface area (Å²) in [5, 5.41) is -0.116. The molecule has 138 valence electrons. The normalized spacial score (nSPS) is 26.8. The predicted octanol–water partition coefficient (Wildman–Crippen LogP) is 2.21. The van der Waals surface area contributed by atoms with Gasteiger partial charge in [0.25, 0.3) is 0 Å². The van der Waals surface area contributed by atoms with Gasteiger partial charge in [0.1, 0.15) is 5.75 Å². The van der Waals surface area contributed by atoms with Gasteiger partial charge in [-0.1, -0.05) is 0 Å². The van der Waals surface area contributed by atoms with E-state index in [-0.39, 0.29) is 10.9 Å². The summed E-state index contributed by atoms with van der Waals surface area (Å²) >= 11 is 0. The molecule has 3 heterocycles. The summed E-state index contributed by atoms with van der Waals surface area (Å²) in [4.78, 5) is 4.06. The van der Waals surface area contributed by atoms with Crippen LogP contribution in [0.15, 0.2) is 24.5 Å². The maximum Gasteiger partial charge on any atom is 0.216 e. The molecule has 1 saturated carbocycles. The molecule has 2 aliphatic heterocycles. The first-order valence-electron chi connectivity index (χ1n) is 9.26. The summed E-state index contributed by atoms with van der Waals surface area (Å²) in [6.45, 7) is 2.61. The van der Waals surface area contributed by atoms with Crippen LogP contribution >= 0.6 is 0 Å². The second-order valence-corrected chi connectivity index (χ2v) is 9.58. The molecular formula is C18H26N2O4S. The molecule has 0 bridgehead atoms. The summed E-state index contributed by atoms with van der Waals surface area (Å²) < 4.78 is 38.5. The van der Waals surface area contributed by atoms with Crippen molar-refractivity contribution in [3.05, 3.63) is 24.5 Å². The fraction of sp³-hybridized carbons (Fsp3) is 0.722. The highest BCUT2D eigenvalue weighted by Crippen LogP contribution is 2.44. The Morgan fingerprint density at radius 3 is 2.76 bits per heavy atom. The summed E-state index contributed by atoms with van der Waals surface area (Å²) in [6, 6.07) is 3.78. The number of sulfonamides is 1. The van der Waals surface area contributed by atoms with E-state index in [0.717, 1.165) is 50.9 Å². The van der Waals surface area contributed by atoms with Crippen molar-refractivity contribution in [3.63, 3.8) is 0 Å². The van der Waals surface area contributed by atoms with E-state index in [4.69, 9.17) is 9.47 Å². The quantitative estimate of drug-likeness (QED) is 0.772. The van der Waals surface area contributed by atoms with E-state index in [0.29, 0.717) is 25.6 Å². The lowest BCUT2D eigenvalue weighted by Crippen LogP contribution is -2.50. The van der Waals surface area contributed by atoms with E-state index in [1.807, 2.05) is 12.1 Å². The lowest BCUT2D eigenvalue weighted by Gasteiger charge is -2.41. The van der Waals surface area contributed by atoms with Gasteiger partial charge in [-0.25, -0.2) is 12.7 Å². The van der Waals surface area contributed by atoms with Crippen LogP contribution in [0.5, 0.6) is 5.75 Å². The van der Waals surface area contributed by atoms with Gasteiger partial charge in [-0.3, -0.25) is 4.98 Å². The topological polar surface area (TPSA) is 68.7 Å². The first-order chi connectivity index (χ1) is 12.1. The Morgan fingerprint density at radius 2 is 2.08 bits per heavy atom. The van der Waals surface area contributed by atoms with Gasteiger partial charge >= 0.3 is 0 Å². The Morgan fingerprint density at radius 1 is 1.28 bits per heavy atom. The van der Waals surface area contributed by atoms with Crippen LogP contribution in [0, 0.1) is 5.92 Å². The number of hydrogen-bond donors (Lipinski definition) is 0. The van der Waals surface area contributed by atoms with Gasteiger partial charge in [-0.2, -0.15) is 0 Å². The highest BCUT2D eigenvalue weighted by molar-refractivity contribution is 7.90. The van der Waals surface area contributed by atoms with E-state index in [2.05, 4.69) is 4.98 Å². The molecule has 0 N–H and O–H groups in total. The Bertz CT molecular complexity index is 682. The summed E-state index contributed by atoms with van der Waals surface area (Å²) in [5.41, 5.74) is -0.159. The standard InChI is InChI=1S/C18H26N2O4S/c21-25(22,17-3-4-17)20-10-7-18(8-11-20)15(6-13-24-18)5-12-23-16-2-1-9-19-14-16/h1-2,9,14-15,17H,3-8,10-13H2. The third-order valence-electron chi connectivity index (χ3n) is 5.84. The smallest absolute Gasteiger partial charge is 0.216 e. The van der Waals surface area contributed by atoms with Crippen molar-refractivity contribution in [2.45, 2.75) is 49.4 Å². The number of hydrogen-bond acceptors (Lipinski definition) is 5. The van der Waals surface area contributed by atoms with Crippen molar-refractivity contribution < 1.29 is 17.9 Å². The predicted molar refractivity (Wildman–Crippen MR) is 93.9 cm³/mol. The highest BCUT2D eigenvalue weighted by Gasteiger charge is 2.49. The Hall–Kier alpha value is -1.18. The van der Waals surface area contributed by atoms with Crippen LogP contribution in [0.4, 0.5) is 0 Å². The summed E-state index contributed by atoms with van der Waals surface area (Å²) in [6.07, 6.45) is 8.69. The molecule has 6 nitrogen and oxygen atoms in total. The molecule has 1 spiro atoms. The van der Waals surface area contributed by atoms with Crippen LogP contribution in [0.25, 0.3) is 0 Å². The largest absolute Gasteiger partial charge is 0.492 e. The molecule has 3 aliphatic rings. The van der Waals surface area contributed by atoms with Gasteiger partial charge in [0.05, 0.1) is 23.7 Å².